The average molecular weight is 238 g/mol. The number of hydrogen-bond donors (Lipinski definition) is 1. The fourth-order valence-corrected chi connectivity index (χ4v) is 2.10. The largest absolute Gasteiger partial charge is 0.391 e. The zero-order valence-corrected chi connectivity index (χ0v) is 9.54. The zero-order chi connectivity index (χ0) is 11.5. The molecule has 0 saturated heterocycles. The van der Waals surface area contributed by atoms with Crippen LogP contribution in [0.5, 0.6) is 0 Å². The average Bonchev–Trinajstić information content (AvgIpc) is 2.77. The van der Waals surface area contributed by atoms with Crippen molar-refractivity contribution in [2.45, 2.75) is 6.61 Å². The number of aliphatic hydroxyl groups excluding tert-OH is 1. The summed E-state index contributed by atoms with van der Waals surface area (Å²) in [6.07, 6.45) is 1.59. The van der Waals surface area contributed by atoms with E-state index in [0.717, 1.165) is 4.88 Å². The summed E-state index contributed by atoms with van der Waals surface area (Å²) in [5, 5.41) is 9.60. The number of rotatable bonds is 3. The Morgan fingerprint density at radius 1 is 1.44 bits per heavy atom. The van der Waals surface area contributed by atoms with E-state index >= 15 is 0 Å². The second-order valence-corrected chi connectivity index (χ2v) is 4.37. The molecule has 0 unspecified atom stereocenters. The highest BCUT2D eigenvalue weighted by Crippen LogP contribution is 2.29. The van der Waals surface area contributed by atoms with Gasteiger partial charge in [-0.05, 0) is 12.1 Å². The van der Waals surface area contributed by atoms with E-state index in [4.69, 9.17) is 5.11 Å². The molecule has 5 heteroatoms. The molecule has 2 aromatic rings. The predicted octanol–water partition coefficient (Wildman–Crippen LogP) is 2.54. The molecule has 2 rings (SSSR count). The molecule has 0 saturated carbocycles. The molecule has 3 nitrogen and oxygen atoms in total. The fourth-order valence-electron chi connectivity index (χ4n) is 1.35. The van der Waals surface area contributed by atoms with Crippen molar-refractivity contribution in [2.24, 2.45) is 0 Å². The van der Waals surface area contributed by atoms with Gasteiger partial charge in [0.2, 0.25) is 0 Å². The SMILES string of the molecule is CN(c1ncc(CO)s1)c1ccccc1F. The number of aromatic nitrogens is 1. The van der Waals surface area contributed by atoms with E-state index in [9.17, 15) is 4.39 Å². The molecule has 0 bridgehead atoms. The lowest BCUT2D eigenvalue weighted by Crippen LogP contribution is -2.10. The monoisotopic (exact) mass is 238 g/mol. The van der Waals surface area contributed by atoms with Crippen molar-refractivity contribution in [1.82, 2.24) is 4.98 Å². The second kappa shape index (κ2) is 4.59. The van der Waals surface area contributed by atoms with Gasteiger partial charge in [-0.25, -0.2) is 9.37 Å². The van der Waals surface area contributed by atoms with Crippen LogP contribution in [0.1, 0.15) is 4.88 Å². The third-order valence-electron chi connectivity index (χ3n) is 2.20. The fraction of sp³-hybridized carbons (Fsp3) is 0.182. The lowest BCUT2D eigenvalue weighted by molar-refractivity contribution is 0.285. The Morgan fingerprint density at radius 2 is 2.19 bits per heavy atom. The van der Waals surface area contributed by atoms with Crippen molar-refractivity contribution in [3.05, 3.63) is 41.2 Å². The Hall–Kier alpha value is -1.46. The highest BCUT2D eigenvalue weighted by molar-refractivity contribution is 7.15. The van der Waals surface area contributed by atoms with E-state index in [2.05, 4.69) is 4.98 Å². The molecule has 0 amide bonds. The number of thiazole rings is 1. The van der Waals surface area contributed by atoms with E-state index in [1.165, 1.54) is 17.4 Å². The maximum Gasteiger partial charge on any atom is 0.189 e. The minimum atomic E-state index is -0.286. The highest BCUT2D eigenvalue weighted by Gasteiger charge is 2.11. The summed E-state index contributed by atoms with van der Waals surface area (Å²) in [6.45, 7) is -0.0389. The van der Waals surface area contributed by atoms with Gasteiger partial charge in [0.1, 0.15) is 5.82 Å². The quantitative estimate of drug-likeness (QED) is 0.892. The topological polar surface area (TPSA) is 36.4 Å². The van der Waals surface area contributed by atoms with Gasteiger partial charge in [-0.2, -0.15) is 0 Å². The third kappa shape index (κ3) is 2.05. The number of para-hydroxylation sites is 1. The van der Waals surface area contributed by atoms with Crippen LogP contribution < -0.4 is 4.90 Å². The van der Waals surface area contributed by atoms with Crippen molar-refractivity contribution < 1.29 is 9.50 Å². The third-order valence-corrected chi connectivity index (χ3v) is 3.26. The Kier molecular flexibility index (Phi) is 3.17. The van der Waals surface area contributed by atoms with Gasteiger partial charge in [-0.15, -0.1) is 0 Å². The Balaban J connectivity index is 2.31. The number of aliphatic hydroxyl groups is 1. The molecular weight excluding hydrogens is 227 g/mol. The summed E-state index contributed by atoms with van der Waals surface area (Å²) in [4.78, 5) is 6.55. The van der Waals surface area contributed by atoms with Gasteiger partial charge in [0.15, 0.2) is 5.13 Å². The first-order chi connectivity index (χ1) is 7.72. The lowest BCUT2D eigenvalue weighted by atomic mass is 10.3. The highest BCUT2D eigenvalue weighted by atomic mass is 32.1. The molecular formula is C11H11FN2OS. The van der Waals surface area contributed by atoms with Crippen LogP contribution in [0.25, 0.3) is 0 Å². The van der Waals surface area contributed by atoms with Crippen LogP contribution in [0.3, 0.4) is 0 Å². The summed E-state index contributed by atoms with van der Waals surface area (Å²) in [7, 11) is 1.75. The predicted molar refractivity (Wildman–Crippen MR) is 62.5 cm³/mol. The summed E-state index contributed by atoms with van der Waals surface area (Å²) in [5.74, 6) is -0.286. The Labute approximate surface area is 96.8 Å². The van der Waals surface area contributed by atoms with Gasteiger partial charge in [0.05, 0.1) is 17.2 Å². The van der Waals surface area contributed by atoms with Crippen LogP contribution in [-0.4, -0.2) is 17.1 Å². The molecule has 84 valence electrons. The van der Waals surface area contributed by atoms with E-state index in [1.54, 1.807) is 36.3 Å². The molecule has 1 heterocycles. The molecule has 0 spiro atoms. The Morgan fingerprint density at radius 3 is 2.81 bits per heavy atom. The van der Waals surface area contributed by atoms with Crippen LogP contribution >= 0.6 is 11.3 Å². The van der Waals surface area contributed by atoms with Crippen LogP contribution in [0.2, 0.25) is 0 Å². The van der Waals surface area contributed by atoms with Crippen molar-refractivity contribution in [3.63, 3.8) is 0 Å². The number of anilines is 2. The minimum Gasteiger partial charge on any atom is -0.391 e. The van der Waals surface area contributed by atoms with Crippen molar-refractivity contribution >= 4 is 22.2 Å². The first-order valence-electron chi connectivity index (χ1n) is 4.76. The van der Waals surface area contributed by atoms with Gasteiger partial charge in [-0.3, -0.25) is 0 Å². The normalized spacial score (nSPS) is 10.4. The van der Waals surface area contributed by atoms with Crippen molar-refractivity contribution in [3.8, 4) is 0 Å². The Bertz CT molecular complexity index is 486. The molecule has 0 fully saturated rings. The molecule has 1 N–H and O–H groups in total. The van der Waals surface area contributed by atoms with E-state index in [1.807, 2.05) is 0 Å². The zero-order valence-electron chi connectivity index (χ0n) is 8.72. The first kappa shape index (κ1) is 11.0. The summed E-state index contributed by atoms with van der Waals surface area (Å²) >= 11 is 1.34. The van der Waals surface area contributed by atoms with Gasteiger partial charge < -0.3 is 10.0 Å². The lowest BCUT2D eigenvalue weighted by Gasteiger charge is -2.16. The molecule has 0 atom stereocenters. The van der Waals surface area contributed by atoms with E-state index in [-0.39, 0.29) is 12.4 Å². The summed E-state index contributed by atoms with van der Waals surface area (Å²) in [5.41, 5.74) is 0.473. The van der Waals surface area contributed by atoms with E-state index in [0.29, 0.717) is 10.8 Å². The second-order valence-electron chi connectivity index (χ2n) is 3.28. The first-order valence-corrected chi connectivity index (χ1v) is 5.58. The van der Waals surface area contributed by atoms with Gasteiger partial charge in [0, 0.05) is 13.2 Å². The van der Waals surface area contributed by atoms with Crippen LogP contribution in [-0.2, 0) is 6.61 Å². The number of nitrogens with zero attached hydrogens (tertiary/aromatic N) is 2. The van der Waals surface area contributed by atoms with Crippen molar-refractivity contribution in [2.75, 3.05) is 11.9 Å². The molecule has 0 radical (unpaired) electrons. The maximum absolute atomic E-state index is 13.5. The van der Waals surface area contributed by atoms with Crippen LogP contribution in [0, 0.1) is 5.82 Å². The van der Waals surface area contributed by atoms with Crippen LogP contribution in [0.15, 0.2) is 30.5 Å². The maximum atomic E-state index is 13.5. The number of halogens is 1. The molecule has 1 aromatic heterocycles. The number of benzene rings is 1. The summed E-state index contributed by atoms with van der Waals surface area (Å²) in [6, 6.07) is 6.52. The smallest absolute Gasteiger partial charge is 0.189 e. The number of hydrogen-bond acceptors (Lipinski definition) is 4. The van der Waals surface area contributed by atoms with Gasteiger partial charge in [0.25, 0.3) is 0 Å². The molecule has 0 aliphatic heterocycles. The molecule has 16 heavy (non-hydrogen) atoms. The van der Waals surface area contributed by atoms with Crippen LogP contribution in [0.4, 0.5) is 15.2 Å². The summed E-state index contributed by atoms with van der Waals surface area (Å²) < 4.78 is 13.5. The molecule has 1 aromatic carbocycles. The standard InChI is InChI=1S/C11H11FN2OS/c1-14(10-5-3-2-4-9(10)12)11-13-6-8(7-15)16-11/h2-6,15H,7H2,1H3. The minimum absolute atomic E-state index is 0.0389. The van der Waals surface area contributed by atoms with Gasteiger partial charge >= 0.3 is 0 Å². The molecule has 0 aliphatic rings. The van der Waals surface area contributed by atoms with Gasteiger partial charge in [-0.1, -0.05) is 23.5 Å². The van der Waals surface area contributed by atoms with Crippen molar-refractivity contribution in [1.29, 1.82) is 0 Å². The van der Waals surface area contributed by atoms with E-state index < -0.39 is 0 Å². The molecule has 0 aliphatic carbocycles.